The van der Waals surface area contributed by atoms with Crippen molar-refractivity contribution in [1.82, 2.24) is 25.2 Å². The number of aromatic nitrogens is 3. The molecule has 2 aromatic rings. The van der Waals surface area contributed by atoms with E-state index in [4.69, 9.17) is 0 Å². The highest BCUT2D eigenvalue weighted by Gasteiger charge is 2.29. The van der Waals surface area contributed by atoms with E-state index in [-0.39, 0.29) is 12.5 Å². The van der Waals surface area contributed by atoms with Crippen LogP contribution in [-0.2, 0) is 28.9 Å². The van der Waals surface area contributed by atoms with Gasteiger partial charge in [0.05, 0.1) is 37.1 Å². The van der Waals surface area contributed by atoms with Crippen LogP contribution in [0.15, 0.2) is 36.5 Å². The lowest BCUT2D eigenvalue weighted by molar-refractivity contribution is -0.137. The molecule has 0 saturated heterocycles. The number of hydrogen-bond donors (Lipinski definition) is 1. The second-order valence-electron chi connectivity index (χ2n) is 5.93. The molecule has 0 bridgehead atoms. The van der Waals surface area contributed by atoms with Gasteiger partial charge in [-0.25, -0.2) is 4.68 Å². The van der Waals surface area contributed by atoms with Crippen LogP contribution < -0.4 is 5.32 Å². The number of amides is 2. The van der Waals surface area contributed by atoms with Gasteiger partial charge in [-0.3, -0.25) is 9.59 Å². The third kappa shape index (κ3) is 4.72. The number of alkyl halides is 3. The fourth-order valence-electron chi connectivity index (χ4n) is 2.58. The Labute approximate surface area is 152 Å². The third-order valence-electron chi connectivity index (χ3n) is 4.06. The predicted molar refractivity (Wildman–Crippen MR) is 88.9 cm³/mol. The first-order valence-corrected chi connectivity index (χ1v) is 8.11. The molecule has 1 N–H and O–H groups in total. The van der Waals surface area contributed by atoms with Gasteiger partial charge >= 0.3 is 6.18 Å². The van der Waals surface area contributed by atoms with E-state index in [2.05, 4.69) is 15.6 Å². The summed E-state index contributed by atoms with van der Waals surface area (Å²) < 4.78 is 39.2. The average Bonchev–Trinajstić information content (AvgIpc) is 3.11. The van der Waals surface area contributed by atoms with Crippen LogP contribution in [0.2, 0.25) is 0 Å². The van der Waals surface area contributed by atoms with Crippen LogP contribution in [0.4, 0.5) is 13.2 Å². The van der Waals surface area contributed by atoms with Gasteiger partial charge in [0.15, 0.2) is 0 Å². The minimum Gasteiger partial charge on any atom is -0.343 e. The Hall–Kier alpha value is -3.17. The molecule has 1 aromatic carbocycles. The first-order chi connectivity index (χ1) is 12.8. The van der Waals surface area contributed by atoms with Gasteiger partial charge in [-0.15, -0.1) is 5.10 Å². The number of halogens is 3. The molecule has 1 aliphatic rings. The Balaban J connectivity index is 1.48. The lowest BCUT2D eigenvalue weighted by atomic mass is 10.1. The van der Waals surface area contributed by atoms with Crippen LogP contribution in [0.25, 0.3) is 6.08 Å². The van der Waals surface area contributed by atoms with Crippen molar-refractivity contribution < 1.29 is 22.8 Å². The Morgan fingerprint density at radius 3 is 2.63 bits per heavy atom. The molecule has 3 rings (SSSR count). The van der Waals surface area contributed by atoms with E-state index in [1.165, 1.54) is 24.3 Å². The first kappa shape index (κ1) is 18.6. The van der Waals surface area contributed by atoms with Gasteiger partial charge in [-0.2, -0.15) is 13.2 Å². The van der Waals surface area contributed by atoms with Crippen LogP contribution in [0.3, 0.4) is 0 Å². The molecule has 10 heteroatoms. The molecule has 0 spiro atoms. The molecule has 2 amide bonds. The van der Waals surface area contributed by atoms with Crippen molar-refractivity contribution in [1.29, 1.82) is 0 Å². The second-order valence-corrected chi connectivity index (χ2v) is 5.93. The maximum atomic E-state index is 12.5. The number of hydrogen-bond acceptors (Lipinski definition) is 4. The topological polar surface area (TPSA) is 80.1 Å². The molecule has 2 heterocycles. The maximum absolute atomic E-state index is 12.5. The van der Waals surface area contributed by atoms with E-state index in [0.29, 0.717) is 25.2 Å². The number of benzene rings is 1. The number of nitrogens with one attached hydrogen (secondary N) is 1. The molecule has 0 aliphatic carbocycles. The quantitative estimate of drug-likeness (QED) is 0.816. The van der Waals surface area contributed by atoms with Gasteiger partial charge < -0.3 is 10.2 Å². The summed E-state index contributed by atoms with van der Waals surface area (Å²) >= 11 is 0. The minimum absolute atomic E-state index is 0.169. The van der Waals surface area contributed by atoms with Gasteiger partial charge in [0.25, 0.3) is 0 Å². The summed E-state index contributed by atoms with van der Waals surface area (Å²) in [5.41, 5.74) is 0.511. The van der Waals surface area contributed by atoms with E-state index < -0.39 is 17.6 Å². The van der Waals surface area contributed by atoms with Gasteiger partial charge in [-0.05, 0) is 23.8 Å². The molecule has 7 nitrogen and oxygen atoms in total. The standard InChI is InChI=1S/C17H16F3N5O2/c18-17(19,20)13-4-1-12(2-5-13)3-6-15(26)21-10-16(27)24-7-8-25-14(11-24)9-22-23-25/h1-6,9H,7-8,10-11H2,(H,21,26)/b6-3+. The van der Waals surface area contributed by atoms with Crippen LogP contribution in [0.5, 0.6) is 0 Å². The number of carbonyl (C=O) groups is 2. The van der Waals surface area contributed by atoms with Crippen LogP contribution in [0.1, 0.15) is 16.8 Å². The molecule has 142 valence electrons. The normalized spacial score (nSPS) is 14.3. The van der Waals surface area contributed by atoms with E-state index in [1.54, 1.807) is 15.8 Å². The van der Waals surface area contributed by atoms with Crippen molar-refractivity contribution in [3.8, 4) is 0 Å². The third-order valence-corrected chi connectivity index (χ3v) is 4.06. The molecule has 1 aromatic heterocycles. The first-order valence-electron chi connectivity index (χ1n) is 8.11. The zero-order valence-corrected chi connectivity index (χ0v) is 14.1. The van der Waals surface area contributed by atoms with Crippen LogP contribution in [0, 0.1) is 0 Å². The Bertz CT molecular complexity index is 858. The molecular weight excluding hydrogens is 363 g/mol. The molecule has 0 radical (unpaired) electrons. The summed E-state index contributed by atoms with van der Waals surface area (Å²) in [5.74, 6) is -0.745. The molecule has 0 fully saturated rings. The average molecular weight is 379 g/mol. The molecule has 1 aliphatic heterocycles. The van der Waals surface area contributed by atoms with E-state index in [0.717, 1.165) is 17.8 Å². The fraction of sp³-hybridized carbons (Fsp3) is 0.294. The van der Waals surface area contributed by atoms with Gasteiger partial charge in [0.1, 0.15) is 0 Å². The van der Waals surface area contributed by atoms with Crippen molar-refractivity contribution in [2.75, 3.05) is 13.1 Å². The van der Waals surface area contributed by atoms with Crippen molar-refractivity contribution in [3.05, 3.63) is 53.4 Å². The van der Waals surface area contributed by atoms with Crippen molar-refractivity contribution in [2.24, 2.45) is 0 Å². The molecular formula is C17H16F3N5O2. The largest absolute Gasteiger partial charge is 0.416 e. The summed E-state index contributed by atoms with van der Waals surface area (Å²) in [6.07, 6.45) is -0.261. The van der Waals surface area contributed by atoms with E-state index in [1.807, 2.05) is 0 Å². The van der Waals surface area contributed by atoms with Crippen molar-refractivity contribution in [2.45, 2.75) is 19.3 Å². The summed E-state index contributed by atoms with van der Waals surface area (Å²) in [4.78, 5) is 25.6. The van der Waals surface area contributed by atoms with Crippen LogP contribution >= 0.6 is 0 Å². The molecule has 0 saturated carbocycles. The molecule has 0 unspecified atom stereocenters. The predicted octanol–water partition coefficient (Wildman–Crippen LogP) is 1.47. The number of rotatable bonds is 4. The summed E-state index contributed by atoms with van der Waals surface area (Å²) in [5, 5.41) is 10.1. The van der Waals surface area contributed by atoms with Crippen molar-refractivity contribution in [3.63, 3.8) is 0 Å². The maximum Gasteiger partial charge on any atom is 0.416 e. The van der Waals surface area contributed by atoms with E-state index >= 15 is 0 Å². The van der Waals surface area contributed by atoms with Gasteiger partial charge in [0, 0.05) is 12.6 Å². The summed E-state index contributed by atoms with van der Waals surface area (Å²) in [6.45, 7) is 1.23. The number of carbonyl (C=O) groups excluding carboxylic acids is 2. The summed E-state index contributed by atoms with van der Waals surface area (Å²) in [7, 11) is 0. The highest BCUT2D eigenvalue weighted by molar-refractivity contribution is 5.94. The van der Waals surface area contributed by atoms with E-state index in [9.17, 15) is 22.8 Å². The second kappa shape index (κ2) is 7.60. The van der Waals surface area contributed by atoms with Crippen molar-refractivity contribution >= 4 is 17.9 Å². The van der Waals surface area contributed by atoms with Crippen LogP contribution in [-0.4, -0.2) is 44.8 Å². The zero-order valence-electron chi connectivity index (χ0n) is 14.1. The summed E-state index contributed by atoms with van der Waals surface area (Å²) in [6, 6.07) is 4.42. The monoisotopic (exact) mass is 379 g/mol. The smallest absolute Gasteiger partial charge is 0.343 e. The fourth-order valence-corrected chi connectivity index (χ4v) is 2.58. The molecule has 27 heavy (non-hydrogen) atoms. The Morgan fingerprint density at radius 2 is 1.93 bits per heavy atom. The lowest BCUT2D eigenvalue weighted by Crippen LogP contribution is -2.43. The number of fused-ring (bicyclic) bond motifs is 1. The highest BCUT2D eigenvalue weighted by Crippen LogP contribution is 2.29. The Kier molecular flexibility index (Phi) is 5.24. The van der Waals surface area contributed by atoms with Gasteiger partial charge in [0.2, 0.25) is 11.8 Å². The molecule has 0 atom stereocenters. The lowest BCUT2D eigenvalue weighted by Gasteiger charge is -2.27. The minimum atomic E-state index is -4.40. The Morgan fingerprint density at radius 1 is 1.19 bits per heavy atom. The SMILES string of the molecule is O=C(/C=C/c1ccc(C(F)(F)F)cc1)NCC(=O)N1CCn2nncc2C1. The highest BCUT2D eigenvalue weighted by atomic mass is 19.4. The number of nitrogens with zero attached hydrogens (tertiary/aromatic N) is 4. The zero-order chi connectivity index (χ0) is 19.4. The van der Waals surface area contributed by atoms with Gasteiger partial charge in [-0.1, -0.05) is 17.3 Å².